The van der Waals surface area contributed by atoms with E-state index >= 15 is 0 Å². The summed E-state index contributed by atoms with van der Waals surface area (Å²) in [6, 6.07) is 4.62. The van der Waals surface area contributed by atoms with Crippen molar-refractivity contribution in [3.05, 3.63) is 43.1 Å². The predicted molar refractivity (Wildman–Crippen MR) is 115 cm³/mol. The Morgan fingerprint density at radius 2 is 1.73 bits per heavy atom. The van der Waals surface area contributed by atoms with Gasteiger partial charge in [-0.05, 0) is 31.7 Å². The van der Waals surface area contributed by atoms with E-state index in [0.717, 1.165) is 80.3 Å². The lowest BCUT2D eigenvalue weighted by molar-refractivity contribution is 0.122. The van der Waals surface area contributed by atoms with Gasteiger partial charge in [0.25, 0.3) is 0 Å². The van der Waals surface area contributed by atoms with Crippen molar-refractivity contribution in [2.45, 2.75) is 37.8 Å². The van der Waals surface area contributed by atoms with E-state index in [2.05, 4.69) is 42.3 Å². The van der Waals surface area contributed by atoms with E-state index < -0.39 is 0 Å². The van der Waals surface area contributed by atoms with Crippen molar-refractivity contribution in [2.75, 3.05) is 36.5 Å². The van der Waals surface area contributed by atoms with Crippen LogP contribution in [0.1, 0.15) is 25.7 Å². The standard InChI is InChI=1S/C22H26N6O2/c1-3-18(4-2-16(1)27-21-15-23-5-6-25-21)30-20-14-17(28-9-11-29-12-10-28)13-19-22(20)26-8-7-24-19/h5-8,13-16,18H,1-4,9-12H2,(H,25,27). The molecule has 0 atom stereocenters. The van der Waals surface area contributed by atoms with Crippen molar-refractivity contribution in [3.8, 4) is 5.75 Å². The number of morpholine rings is 1. The zero-order valence-corrected chi connectivity index (χ0v) is 16.9. The zero-order valence-electron chi connectivity index (χ0n) is 16.9. The predicted octanol–water partition coefficient (Wildman–Crippen LogP) is 3.06. The zero-order chi connectivity index (χ0) is 20.2. The van der Waals surface area contributed by atoms with Crippen LogP contribution in [0.5, 0.6) is 5.75 Å². The normalized spacial score (nSPS) is 22.1. The van der Waals surface area contributed by atoms with Crippen molar-refractivity contribution < 1.29 is 9.47 Å². The molecule has 1 saturated heterocycles. The van der Waals surface area contributed by atoms with Gasteiger partial charge in [-0.15, -0.1) is 0 Å². The molecule has 2 fully saturated rings. The van der Waals surface area contributed by atoms with Crippen molar-refractivity contribution >= 4 is 22.5 Å². The van der Waals surface area contributed by atoms with Crippen molar-refractivity contribution in [2.24, 2.45) is 0 Å². The van der Waals surface area contributed by atoms with E-state index in [-0.39, 0.29) is 6.10 Å². The maximum absolute atomic E-state index is 6.48. The summed E-state index contributed by atoms with van der Waals surface area (Å²) in [5, 5.41) is 3.48. The van der Waals surface area contributed by atoms with Gasteiger partial charge in [-0.2, -0.15) is 0 Å². The molecule has 8 nitrogen and oxygen atoms in total. The Morgan fingerprint density at radius 1 is 0.933 bits per heavy atom. The van der Waals surface area contributed by atoms with Crippen LogP contribution in [0.25, 0.3) is 11.0 Å². The Balaban J connectivity index is 1.29. The number of hydrogen-bond acceptors (Lipinski definition) is 8. The maximum atomic E-state index is 6.48. The SMILES string of the molecule is c1cnc(NC2CCC(Oc3cc(N4CCOCC4)cc4nccnc34)CC2)cn1. The number of aromatic nitrogens is 4. The molecule has 0 spiro atoms. The number of ether oxygens (including phenoxy) is 2. The fraction of sp³-hybridized carbons (Fsp3) is 0.455. The molecule has 1 aliphatic heterocycles. The van der Waals surface area contributed by atoms with Crippen LogP contribution in [0.3, 0.4) is 0 Å². The molecule has 5 rings (SSSR count). The monoisotopic (exact) mass is 406 g/mol. The first-order chi connectivity index (χ1) is 14.8. The number of anilines is 2. The highest BCUT2D eigenvalue weighted by Gasteiger charge is 2.24. The van der Waals surface area contributed by atoms with Gasteiger partial charge in [0.2, 0.25) is 0 Å². The number of nitrogens with zero attached hydrogens (tertiary/aromatic N) is 5. The topological polar surface area (TPSA) is 85.3 Å². The Bertz CT molecular complexity index is 972. The van der Waals surface area contributed by atoms with E-state index in [1.165, 1.54) is 0 Å². The highest BCUT2D eigenvalue weighted by molar-refractivity contribution is 5.85. The largest absolute Gasteiger partial charge is 0.488 e. The summed E-state index contributed by atoms with van der Waals surface area (Å²) in [6.45, 7) is 3.25. The van der Waals surface area contributed by atoms with Gasteiger partial charge in [-0.1, -0.05) is 0 Å². The van der Waals surface area contributed by atoms with Crippen molar-refractivity contribution in [3.63, 3.8) is 0 Å². The number of fused-ring (bicyclic) bond motifs is 1. The quantitative estimate of drug-likeness (QED) is 0.692. The van der Waals surface area contributed by atoms with E-state index in [0.29, 0.717) is 6.04 Å². The number of benzene rings is 1. The molecular weight excluding hydrogens is 380 g/mol. The first-order valence-corrected chi connectivity index (χ1v) is 10.6. The van der Waals surface area contributed by atoms with Crippen LogP contribution < -0.4 is 15.0 Å². The Labute approximate surface area is 175 Å². The summed E-state index contributed by atoms with van der Waals surface area (Å²) in [4.78, 5) is 19.8. The number of rotatable bonds is 5. The first kappa shape index (κ1) is 19.0. The summed E-state index contributed by atoms with van der Waals surface area (Å²) in [7, 11) is 0. The number of nitrogens with one attached hydrogen (secondary N) is 1. The van der Waals surface area contributed by atoms with Crippen LogP contribution in [0, 0.1) is 0 Å². The molecule has 3 heterocycles. The van der Waals surface area contributed by atoms with Gasteiger partial charge in [0.05, 0.1) is 31.0 Å². The maximum Gasteiger partial charge on any atom is 0.149 e. The lowest BCUT2D eigenvalue weighted by atomic mass is 9.93. The molecule has 2 aliphatic rings. The third-order valence-electron chi connectivity index (χ3n) is 5.78. The smallest absolute Gasteiger partial charge is 0.149 e. The molecule has 0 unspecified atom stereocenters. The van der Waals surface area contributed by atoms with Crippen LogP contribution in [-0.4, -0.2) is 58.4 Å². The van der Waals surface area contributed by atoms with Crippen LogP contribution in [0.15, 0.2) is 43.1 Å². The second-order valence-corrected chi connectivity index (χ2v) is 7.79. The van der Waals surface area contributed by atoms with E-state index in [9.17, 15) is 0 Å². The van der Waals surface area contributed by atoms with E-state index in [1.807, 2.05) is 0 Å². The lowest BCUT2D eigenvalue weighted by Gasteiger charge is -2.31. The second-order valence-electron chi connectivity index (χ2n) is 7.79. The highest BCUT2D eigenvalue weighted by Crippen LogP contribution is 2.33. The van der Waals surface area contributed by atoms with Gasteiger partial charge < -0.3 is 19.7 Å². The fourth-order valence-corrected chi connectivity index (χ4v) is 4.21. The third-order valence-corrected chi connectivity index (χ3v) is 5.78. The minimum absolute atomic E-state index is 0.176. The molecule has 1 N–H and O–H groups in total. The van der Waals surface area contributed by atoms with E-state index in [1.54, 1.807) is 31.0 Å². The Kier molecular flexibility index (Phi) is 5.56. The lowest BCUT2D eigenvalue weighted by Crippen LogP contribution is -2.36. The minimum Gasteiger partial charge on any atom is -0.488 e. The molecule has 2 aromatic heterocycles. The Hall–Kier alpha value is -3.00. The third kappa shape index (κ3) is 4.28. The molecule has 1 aromatic carbocycles. The first-order valence-electron chi connectivity index (χ1n) is 10.6. The molecule has 8 heteroatoms. The second kappa shape index (κ2) is 8.79. The fourth-order valence-electron chi connectivity index (χ4n) is 4.21. The van der Waals surface area contributed by atoms with E-state index in [4.69, 9.17) is 9.47 Å². The average molecular weight is 406 g/mol. The summed E-state index contributed by atoms with van der Waals surface area (Å²) >= 11 is 0. The summed E-state index contributed by atoms with van der Waals surface area (Å²) < 4.78 is 12.0. The van der Waals surface area contributed by atoms with Gasteiger partial charge in [-0.3, -0.25) is 9.97 Å². The molecule has 0 bridgehead atoms. The average Bonchev–Trinajstić information content (AvgIpc) is 2.81. The van der Waals surface area contributed by atoms with Gasteiger partial charge in [-0.25, -0.2) is 9.97 Å². The molecule has 1 saturated carbocycles. The van der Waals surface area contributed by atoms with Crippen LogP contribution in [-0.2, 0) is 4.74 Å². The summed E-state index contributed by atoms with van der Waals surface area (Å²) in [5.74, 6) is 1.66. The summed E-state index contributed by atoms with van der Waals surface area (Å²) in [6.07, 6.45) is 12.9. The summed E-state index contributed by atoms with van der Waals surface area (Å²) in [5.41, 5.74) is 2.82. The van der Waals surface area contributed by atoms with Gasteiger partial charge in [0.15, 0.2) is 0 Å². The molecule has 156 valence electrons. The highest BCUT2D eigenvalue weighted by atomic mass is 16.5. The molecule has 0 radical (unpaired) electrons. The molecule has 3 aromatic rings. The van der Waals surface area contributed by atoms with Crippen LogP contribution in [0.2, 0.25) is 0 Å². The van der Waals surface area contributed by atoms with Gasteiger partial charge >= 0.3 is 0 Å². The van der Waals surface area contributed by atoms with Crippen molar-refractivity contribution in [1.82, 2.24) is 19.9 Å². The molecule has 30 heavy (non-hydrogen) atoms. The number of hydrogen-bond donors (Lipinski definition) is 1. The van der Waals surface area contributed by atoms with Gasteiger partial charge in [0.1, 0.15) is 17.1 Å². The van der Waals surface area contributed by atoms with Crippen LogP contribution in [0.4, 0.5) is 11.5 Å². The Morgan fingerprint density at radius 3 is 2.53 bits per heavy atom. The van der Waals surface area contributed by atoms with Crippen molar-refractivity contribution in [1.29, 1.82) is 0 Å². The molecule has 0 amide bonds. The molecule has 1 aliphatic carbocycles. The minimum atomic E-state index is 0.176. The molecular formula is C22H26N6O2. The van der Waals surface area contributed by atoms with Crippen LogP contribution >= 0.6 is 0 Å². The van der Waals surface area contributed by atoms with Gasteiger partial charge in [0, 0.05) is 55.7 Å².